The summed E-state index contributed by atoms with van der Waals surface area (Å²) in [5.41, 5.74) is 4.25. The second kappa shape index (κ2) is 5.69. The zero-order valence-corrected chi connectivity index (χ0v) is 11.8. The molecule has 15 heavy (non-hydrogen) atoms. The average Bonchev–Trinajstić information content (AvgIpc) is 2.08. The van der Waals surface area contributed by atoms with Crippen molar-refractivity contribution < 1.29 is 0 Å². The van der Waals surface area contributed by atoms with E-state index in [4.69, 9.17) is 0 Å². The topological polar surface area (TPSA) is 0 Å². The van der Waals surface area contributed by atoms with Crippen LogP contribution in [-0.2, 0) is 6.42 Å². The van der Waals surface area contributed by atoms with Crippen LogP contribution in [0.2, 0.25) is 0 Å². The Hall–Kier alpha value is -0.300. The van der Waals surface area contributed by atoms with Gasteiger partial charge in [0.1, 0.15) is 0 Å². The van der Waals surface area contributed by atoms with Crippen molar-refractivity contribution in [3.05, 3.63) is 34.9 Å². The van der Waals surface area contributed by atoms with Crippen LogP contribution >= 0.6 is 15.9 Å². The molecule has 84 valence electrons. The van der Waals surface area contributed by atoms with E-state index in [9.17, 15) is 0 Å². The van der Waals surface area contributed by atoms with Crippen molar-refractivity contribution in [3.8, 4) is 0 Å². The second-order valence-corrected chi connectivity index (χ2v) is 6.16. The molecule has 0 aliphatic heterocycles. The first kappa shape index (κ1) is 12.8. The van der Waals surface area contributed by atoms with Gasteiger partial charge in [0, 0.05) is 4.83 Å². The van der Waals surface area contributed by atoms with E-state index in [1.807, 2.05) is 0 Å². The van der Waals surface area contributed by atoms with Crippen LogP contribution in [0, 0.1) is 19.8 Å². The van der Waals surface area contributed by atoms with E-state index in [1.54, 1.807) is 0 Å². The van der Waals surface area contributed by atoms with Gasteiger partial charge in [-0.1, -0.05) is 53.5 Å². The van der Waals surface area contributed by atoms with Crippen molar-refractivity contribution in [1.82, 2.24) is 0 Å². The molecule has 1 unspecified atom stereocenters. The minimum Gasteiger partial charge on any atom is -0.0887 e. The minimum atomic E-state index is 0.610. The van der Waals surface area contributed by atoms with E-state index in [1.165, 1.54) is 23.1 Å². The average molecular weight is 269 g/mol. The Morgan fingerprint density at radius 3 is 2.40 bits per heavy atom. The van der Waals surface area contributed by atoms with Crippen molar-refractivity contribution in [2.75, 3.05) is 0 Å². The first-order valence-electron chi connectivity index (χ1n) is 5.69. The Bertz CT molecular complexity index is 315. The molecule has 0 N–H and O–H groups in total. The Kier molecular flexibility index (Phi) is 4.85. The van der Waals surface area contributed by atoms with Crippen molar-refractivity contribution in [2.45, 2.75) is 45.4 Å². The third kappa shape index (κ3) is 4.38. The molecule has 0 radical (unpaired) electrons. The standard InChI is InChI=1S/C14H21Br/c1-10(2)7-14(15)9-13-6-5-11(3)8-12(13)4/h5-6,8,10,14H,7,9H2,1-4H3. The second-order valence-electron chi connectivity index (χ2n) is 4.86. The van der Waals surface area contributed by atoms with E-state index in [-0.39, 0.29) is 0 Å². The van der Waals surface area contributed by atoms with Crippen LogP contribution in [0.15, 0.2) is 18.2 Å². The summed E-state index contributed by atoms with van der Waals surface area (Å²) in [4.78, 5) is 0.610. The van der Waals surface area contributed by atoms with Gasteiger partial charge in [0.05, 0.1) is 0 Å². The molecule has 0 aliphatic carbocycles. The molecule has 0 aliphatic rings. The fourth-order valence-corrected chi connectivity index (χ4v) is 3.00. The van der Waals surface area contributed by atoms with E-state index in [2.05, 4.69) is 61.8 Å². The number of rotatable bonds is 4. The summed E-state index contributed by atoms with van der Waals surface area (Å²) in [6.07, 6.45) is 2.39. The van der Waals surface area contributed by atoms with Crippen molar-refractivity contribution >= 4 is 15.9 Å². The number of hydrogen-bond acceptors (Lipinski definition) is 0. The van der Waals surface area contributed by atoms with Crippen LogP contribution in [0.1, 0.15) is 37.0 Å². The SMILES string of the molecule is Cc1ccc(CC(Br)CC(C)C)c(C)c1. The molecule has 1 aromatic carbocycles. The smallest absolute Gasteiger partial charge is 0.0188 e. The minimum absolute atomic E-state index is 0.610. The van der Waals surface area contributed by atoms with Gasteiger partial charge in [-0.2, -0.15) is 0 Å². The molecule has 0 saturated carbocycles. The highest BCUT2D eigenvalue weighted by Gasteiger charge is 2.09. The van der Waals surface area contributed by atoms with Gasteiger partial charge in [0.2, 0.25) is 0 Å². The lowest BCUT2D eigenvalue weighted by atomic mass is 9.98. The molecule has 0 fully saturated rings. The Labute approximate surface area is 102 Å². The van der Waals surface area contributed by atoms with Gasteiger partial charge in [-0.05, 0) is 43.7 Å². The highest BCUT2D eigenvalue weighted by atomic mass is 79.9. The van der Waals surface area contributed by atoms with Crippen LogP contribution in [-0.4, -0.2) is 4.83 Å². The molecular weight excluding hydrogens is 248 g/mol. The van der Waals surface area contributed by atoms with Crippen molar-refractivity contribution in [3.63, 3.8) is 0 Å². The number of hydrogen-bond donors (Lipinski definition) is 0. The van der Waals surface area contributed by atoms with Crippen LogP contribution in [0.25, 0.3) is 0 Å². The quantitative estimate of drug-likeness (QED) is 0.697. The number of aryl methyl sites for hydroxylation is 2. The monoisotopic (exact) mass is 268 g/mol. The molecule has 0 aromatic heterocycles. The maximum absolute atomic E-state index is 3.77. The maximum Gasteiger partial charge on any atom is 0.0188 e. The maximum atomic E-state index is 3.77. The van der Waals surface area contributed by atoms with Crippen LogP contribution < -0.4 is 0 Å². The molecule has 0 nitrogen and oxygen atoms in total. The normalized spacial score (nSPS) is 13.2. The van der Waals surface area contributed by atoms with Gasteiger partial charge in [0.25, 0.3) is 0 Å². The molecule has 0 bridgehead atoms. The number of alkyl halides is 1. The Balaban J connectivity index is 2.64. The van der Waals surface area contributed by atoms with Gasteiger partial charge >= 0.3 is 0 Å². The third-order valence-corrected chi connectivity index (χ3v) is 3.36. The molecule has 0 amide bonds. The summed E-state index contributed by atoms with van der Waals surface area (Å²) in [7, 11) is 0. The van der Waals surface area contributed by atoms with Crippen LogP contribution in [0.4, 0.5) is 0 Å². The first-order valence-corrected chi connectivity index (χ1v) is 6.60. The summed E-state index contributed by atoms with van der Waals surface area (Å²) in [5.74, 6) is 0.764. The molecule has 1 heteroatoms. The largest absolute Gasteiger partial charge is 0.0887 e. The summed E-state index contributed by atoms with van der Waals surface area (Å²) in [6.45, 7) is 8.90. The molecule has 0 spiro atoms. The van der Waals surface area contributed by atoms with E-state index in [0.29, 0.717) is 4.83 Å². The lowest BCUT2D eigenvalue weighted by Crippen LogP contribution is -2.07. The molecule has 1 aromatic rings. The highest BCUT2D eigenvalue weighted by Crippen LogP contribution is 2.20. The van der Waals surface area contributed by atoms with Crippen LogP contribution in [0.5, 0.6) is 0 Å². The Morgan fingerprint density at radius 2 is 1.87 bits per heavy atom. The Morgan fingerprint density at radius 1 is 1.20 bits per heavy atom. The zero-order chi connectivity index (χ0) is 11.4. The summed E-state index contributed by atoms with van der Waals surface area (Å²) in [6, 6.07) is 6.74. The summed E-state index contributed by atoms with van der Waals surface area (Å²) < 4.78 is 0. The molecule has 1 rings (SSSR count). The third-order valence-electron chi connectivity index (χ3n) is 2.67. The van der Waals surface area contributed by atoms with Gasteiger partial charge < -0.3 is 0 Å². The molecule has 1 atom stereocenters. The van der Waals surface area contributed by atoms with E-state index in [0.717, 1.165) is 12.3 Å². The van der Waals surface area contributed by atoms with Gasteiger partial charge in [-0.15, -0.1) is 0 Å². The highest BCUT2D eigenvalue weighted by molar-refractivity contribution is 9.09. The first-order chi connectivity index (χ1) is 6.99. The molecule has 0 saturated heterocycles. The lowest BCUT2D eigenvalue weighted by Gasteiger charge is -2.14. The molecular formula is C14H21Br. The van der Waals surface area contributed by atoms with Crippen molar-refractivity contribution in [1.29, 1.82) is 0 Å². The fourth-order valence-electron chi connectivity index (χ4n) is 1.91. The predicted molar refractivity (Wildman–Crippen MR) is 71.8 cm³/mol. The predicted octanol–water partition coefficient (Wildman–Crippen LogP) is 4.66. The lowest BCUT2D eigenvalue weighted by molar-refractivity contribution is 0.570. The number of benzene rings is 1. The van der Waals surface area contributed by atoms with Gasteiger partial charge in [0.15, 0.2) is 0 Å². The van der Waals surface area contributed by atoms with E-state index >= 15 is 0 Å². The van der Waals surface area contributed by atoms with Gasteiger partial charge in [-0.25, -0.2) is 0 Å². The fraction of sp³-hybridized carbons (Fsp3) is 0.571. The van der Waals surface area contributed by atoms with Crippen LogP contribution in [0.3, 0.4) is 0 Å². The molecule has 0 heterocycles. The zero-order valence-electron chi connectivity index (χ0n) is 10.2. The van der Waals surface area contributed by atoms with E-state index < -0.39 is 0 Å². The summed E-state index contributed by atoms with van der Waals surface area (Å²) >= 11 is 3.77. The number of halogens is 1. The van der Waals surface area contributed by atoms with Gasteiger partial charge in [-0.3, -0.25) is 0 Å². The summed E-state index contributed by atoms with van der Waals surface area (Å²) in [5, 5.41) is 0. The van der Waals surface area contributed by atoms with Crippen molar-refractivity contribution in [2.24, 2.45) is 5.92 Å².